The molecule has 4 heteroatoms. The topological polar surface area (TPSA) is 61.6 Å². The van der Waals surface area contributed by atoms with E-state index < -0.39 is 0 Å². The van der Waals surface area contributed by atoms with Crippen LogP contribution in [0.25, 0.3) is 11.0 Å². The summed E-state index contributed by atoms with van der Waals surface area (Å²) in [5.74, 6) is 0.839. The number of nitriles is 1. The molecule has 4 nitrogen and oxygen atoms in total. The number of benzene rings is 1. The maximum Gasteiger partial charge on any atom is 0.148 e. The van der Waals surface area contributed by atoms with Crippen LogP contribution in [-0.4, -0.2) is 16.5 Å². The first-order chi connectivity index (χ1) is 8.81. The van der Waals surface area contributed by atoms with Gasteiger partial charge in [0.2, 0.25) is 0 Å². The van der Waals surface area contributed by atoms with E-state index in [2.05, 4.69) is 21.4 Å². The maximum absolute atomic E-state index is 8.45. The van der Waals surface area contributed by atoms with Gasteiger partial charge in [0.05, 0.1) is 22.8 Å². The second-order valence-corrected chi connectivity index (χ2v) is 4.19. The molecule has 1 aromatic heterocycles. The van der Waals surface area contributed by atoms with E-state index in [1.54, 1.807) is 0 Å². The Morgan fingerprint density at radius 3 is 2.61 bits per heavy atom. The Morgan fingerprint density at radius 1 is 1.17 bits per heavy atom. The van der Waals surface area contributed by atoms with E-state index in [4.69, 9.17) is 5.26 Å². The van der Waals surface area contributed by atoms with Crippen molar-refractivity contribution in [1.82, 2.24) is 9.97 Å². The summed E-state index contributed by atoms with van der Waals surface area (Å²) in [6.07, 6.45) is 2.51. The molecule has 0 unspecified atom stereocenters. The molecule has 92 valence electrons. The molecule has 0 saturated heterocycles. The lowest BCUT2D eigenvalue weighted by atomic mass is 10.2. The van der Waals surface area contributed by atoms with Gasteiger partial charge in [0, 0.05) is 13.0 Å². The second kappa shape index (κ2) is 5.97. The molecule has 0 saturated carbocycles. The first-order valence-corrected chi connectivity index (χ1v) is 6.15. The van der Waals surface area contributed by atoms with Crippen LogP contribution in [0.4, 0.5) is 5.82 Å². The van der Waals surface area contributed by atoms with Crippen molar-refractivity contribution < 1.29 is 0 Å². The highest BCUT2D eigenvalue weighted by Crippen LogP contribution is 2.15. The molecule has 18 heavy (non-hydrogen) atoms. The molecular formula is C14H16N4. The van der Waals surface area contributed by atoms with Crippen molar-refractivity contribution >= 4 is 16.9 Å². The van der Waals surface area contributed by atoms with E-state index in [1.165, 1.54) is 0 Å². The van der Waals surface area contributed by atoms with Crippen LogP contribution in [0, 0.1) is 18.3 Å². The number of nitrogens with zero attached hydrogens (tertiary/aromatic N) is 3. The molecule has 1 N–H and O–H groups in total. The molecule has 0 fully saturated rings. The Hall–Kier alpha value is -2.15. The van der Waals surface area contributed by atoms with Crippen LogP contribution in [0.5, 0.6) is 0 Å². The number of rotatable bonds is 5. The zero-order valence-electron chi connectivity index (χ0n) is 10.5. The van der Waals surface area contributed by atoms with E-state index in [-0.39, 0.29) is 0 Å². The van der Waals surface area contributed by atoms with Gasteiger partial charge in [-0.25, -0.2) is 9.97 Å². The number of fused-ring (bicyclic) bond motifs is 1. The van der Waals surface area contributed by atoms with Crippen molar-refractivity contribution in [3.8, 4) is 6.07 Å². The summed E-state index contributed by atoms with van der Waals surface area (Å²) in [5.41, 5.74) is 2.74. The third kappa shape index (κ3) is 2.95. The fourth-order valence-corrected chi connectivity index (χ4v) is 1.79. The van der Waals surface area contributed by atoms with E-state index in [0.29, 0.717) is 6.42 Å². The van der Waals surface area contributed by atoms with Crippen molar-refractivity contribution in [3.05, 3.63) is 30.0 Å². The minimum Gasteiger partial charge on any atom is -0.369 e. The van der Waals surface area contributed by atoms with Crippen LogP contribution < -0.4 is 5.32 Å². The predicted molar refractivity (Wildman–Crippen MR) is 72.2 cm³/mol. The highest BCUT2D eigenvalue weighted by Gasteiger charge is 2.03. The monoisotopic (exact) mass is 240 g/mol. The summed E-state index contributed by atoms with van der Waals surface area (Å²) in [7, 11) is 0. The van der Waals surface area contributed by atoms with Crippen LogP contribution >= 0.6 is 0 Å². The molecule has 0 radical (unpaired) electrons. The number of unbranched alkanes of at least 4 members (excludes halogenated alkanes) is 2. The molecule has 0 aliphatic heterocycles. The van der Waals surface area contributed by atoms with Crippen LogP contribution in [0.2, 0.25) is 0 Å². The third-order valence-electron chi connectivity index (χ3n) is 2.75. The fraction of sp³-hybridized carbons (Fsp3) is 0.357. The number of hydrogen-bond acceptors (Lipinski definition) is 4. The molecule has 2 rings (SSSR count). The zero-order chi connectivity index (χ0) is 12.8. The van der Waals surface area contributed by atoms with Crippen molar-refractivity contribution in [3.63, 3.8) is 0 Å². The number of aromatic nitrogens is 2. The molecule has 0 spiro atoms. The average Bonchev–Trinajstić information content (AvgIpc) is 2.39. The number of para-hydroxylation sites is 2. The van der Waals surface area contributed by atoms with Gasteiger partial charge >= 0.3 is 0 Å². The summed E-state index contributed by atoms with van der Waals surface area (Å²) in [5, 5.41) is 11.7. The predicted octanol–water partition coefficient (Wildman–Crippen LogP) is 3.04. The minimum atomic E-state index is 0.615. The molecule has 0 atom stereocenters. The molecule has 0 aliphatic rings. The van der Waals surface area contributed by atoms with Crippen LogP contribution in [0.3, 0.4) is 0 Å². The number of anilines is 1. The van der Waals surface area contributed by atoms with E-state index in [0.717, 1.165) is 41.9 Å². The molecule has 0 amide bonds. The van der Waals surface area contributed by atoms with Crippen molar-refractivity contribution in [1.29, 1.82) is 5.26 Å². The maximum atomic E-state index is 8.45. The molecule has 0 bridgehead atoms. The fourth-order valence-electron chi connectivity index (χ4n) is 1.79. The molecule has 1 aromatic carbocycles. The highest BCUT2D eigenvalue weighted by molar-refractivity contribution is 5.76. The largest absolute Gasteiger partial charge is 0.369 e. The normalized spacial score (nSPS) is 10.2. The molecular weight excluding hydrogens is 224 g/mol. The zero-order valence-corrected chi connectivity index (χ0v) is 10.5. The standard InChI is InChI=1S/C14H16N4/c1-11-14(16-10-6-2-5-9-15)18-13-8-4-3-7-12(13)17-11/h3-4,7-8H,2,5-6,10H2,1H3,(H,16,18). The summed E-state index contributed by atoms with van der Waals surface area (Å²) in [4.78, 5) is 9.07. The quantitative estimate of drug-likeness (QED) is 0.816. The lowest BCUT2D eigenvalue weighted by Gasteiger charge is -2.08. The highest BCUT2D eigenvalue weighted by atomic mass is 15.0. The van der Waals surface area contributed by atoms with E-state index in [1.807, 2.05) is 31.2 Å². The van der Waals surface area contributed by atoms with Gasteiger partial charge in [-0.1, -0.05) is 12.1 Å². The Balaban J connectivity index is 2.04. The van der Waals surface area contributed by atoms with Crippen LogP contribution in [0.1, 0.15) is 25.0 Å². The third-order valence-corrected chi connectivity index (χ3v) is 2.75. The van der Waals surface area contributed by atoms with Gasteiger partial charge in [-0.05, 0) is 31.9 Å². The smallest absolute Gasteiger partial charge is 0.148 e. The van der Waals surface area contributed by atoms with Crippen molar-refractivity contribution in [2.75, 3.05) is 11.9 Å². The average molecular weight is 240 g/mol. The summed E-state index contributed by atoms with van der Waals surface area (Å²) in [6.45, 7) is 2.78. The van der Waals surface area contributed by atoms with Gasteiger partial charge < -0.3 is 5.32 Å². The van der Waals surface area contributed by atoms with Gasteiger partial charge in [-0.15, -0.1) is 0 Å². The number of nitrogens with one attached hydrogen (secondary N) is 1. The second-order valence-electron chi connectivity index (χ2n) is 4.19. The van der Waals surface area contributed by atoms with Crippen LogP contribution in [-0.2, 0) is 0 Å². The van der Waals surface area contributed by atoms with Crippen molar-refractivity contribution in [2.45, 2.75) is 26.2 Å². The summed E-state index contributed by atoms with van der Waals surface area (Å²) < 4.78 is 0. The Bertz CT molecular complexity index is 572. The van der Waals surface area contributed by atoms with Gasteiger partial charge in [0.1, 0.15) is 5.82 Å². The van der Waals surface area contributed by atoms with E-state index >= 15 is 0 Å². The van der Waals surface area contributed by atoms with E-state index in [9.17, 15) is 0 Å². The SMILES string of the molecule is Cc1nc2ccccc2nc1NCCCCC#N. The first-order valence-electron chi connectivity index (χ1n) is 6.15. The Morgan fingerprint density at radius 2 is 1.89 bits per heavy atom. The first kappa shape index (κ1) is 12.3. The Labute approximate surface area is 107 Å². The van der Waals surface area contributed by atoms with Gasteiger partial charge in [0.15, 0.2) is 0 Å². The number of aryl methyl sites for hydroxylation is 1. The van der Waals surface area contributed by atoms with Gasteiger partial charge in [0.25, 0.3) is 0 Å². The lowest BCUT2D eigenvalue weighted by molar-refractivity contribution is 0.782. The molecule has 1 heterocycles. The lowest BCUT2D eigenvalue weighted by Crippen LogP contribution is -2.06. The number of hydrogen-bond donors (Lipinski definition) is 1. The summed E-state index contributed by atoms with van der Waals surface area (Å²) in [6, 6.07) is 10.00. The van der Waals surface area contributed by atoms with Gasteiger partial charge in [-0.2, -0.15) is 5.26 Å². The Kier molecular flexibility index (Phi) is 4.08. The molecule has 2 aromatic rings. The summed E-state index contributed by atoms with van der Waals surface area (Å²) >= 11 is 0. The van der Waals surface area contributed by atoms with Gasteiger partial charge in [-0.3, -0.25) is 0 Å². The minimum absolute atomic E-state index is 0.615. The molecule has 0 aliphatic carbocycles. The van der Waals surface area contributed by atoms with Crippen molar-refractivity contribution in [2.24, 2.45) is 0 Å². The van der Waals surface area contributed by atoms with Crippen LogP contribution in [0.15, 0.2) is 24.3 Å².